The predicted octanol–water partition coefficient (Wildman–Crippen LogP) is 2.97. The fraction of sp³-hybridized carbons (Fsp3) is 0.143. The fourth-order valence-electron chi connectivity index (χ4n) is 1.67. The van der Waals surface area contributed by atoms with Gasteiger partial charge in [-0.05, 0) is 30.3 Å². The minimum Gasteiger partial charge on any atom is -0.398 e. The molecule has 2 aromatic rings. The van der Waals surface area contributed by atoms with Gasteiger partial charge in [0.2, 0.25) is 0 Å². The minimum absolute atomic E-state index is 0.0797. The van der Waals surface area contributed by atoms with E-state index in [-0.39, 0.29) is 16.3 Å². The molecule has 0 spiro atoms. The van der Waals surface area contributed by atoms with Gasteiger partial charge in [-0.2, -0.15) is 0 Å². The zero-order valence-corrected chi connectivity index (χ0v) is 12.3. The van der Waals surface area contributed by atoms with Crippen molar-refractivity contribution in [3.05, 3.63) is 54.3 Å². The first kappa shape index (κ1) is 14.9. The Hall–Kier alpha value is -1.53. The van der Waals surface area contributed by atoms with Crippen molar-refractivity contribution < 1.29 is 12.8 Å². The van der Waals surface area contributed by atoms with Crippen molar-refractivity contribution in [1.82, 2.24) is 0 Å². The molecule has 3 nitrogen and oxygen atoms in total. The van der Waals surface area contributed by atoms with E-state index in [0.29, 0.717) is 5.75 Å². The second-order valence-corrected chi connectivity index (χ2v) is 7.41. The highest BCUT2D eigenvalue weighted by molar-refractivity contribution is 8.00. The molecule has 0 aromatic heterocycles. The van der Waals surface area contributed by atoms with E-state index in [2.05, 4.69) is 0 Å². The highest BCUT2D eigenvalue weighted by Crippen LogP contribution is 2.23. The lowest BCUT2D eigenvalue weighted by Gasteiger charge is -2.07. The number of hydrogen-bond donors (Lipinski definition) is 1. The van der Waals surface area contributed by atoms with Gasteiger partial charge in [0.1, 0.15) is 5.82 Å². The summed E-state index contributed by atoms with van der Waals surface area (Å²) < 4.78 is 37.4. The maximum absolute atomic E-state index is 13.1. The third-order valence-corrected chi connectivity index (χ3v) is 5.71. The fourth-order valence-corrected chi connectivity index (χ4v) is 4.41. The van der Waals surface area contributed by atoms with E-state index < -0.39 is 15.7 Å². The SMILES string of the molecule is Nc1ccc(F)cc1S(=O)(=O)CCSc1ccccc1. The standard InChI is InChI=1S/C14H14FNO2S2/c15-11-6-7-13(16)14(10-11)20(17,18)9-8-19-12-4-2-1-3-5-12/h1-7,10H,8-9,16H2. The predicted molar refractivity (Wildman–Crippen MR) is 80.0 cm³/mol. The number of hydrogen-bond acceptors (Lipinski definition) is 4. The van der Waals surface area contributed by atoms with E-state index in [1.54, 1.807) is 0 Å². The smallest absolute Gasteiger partial charge is 0.181 e. The van der Waals surface area contributed by atoms with Gasteiger partial charge in [0.15, 0.2) is 9.84 Å². The molecule has 0 aliphatic rings. The molecule has 2 N–H and O–H groups in total. The molecular weight excluding hydrogens is 297 g/mol. The summed E-state index contributed by atoms with van der Waals surface area (Å²) in [6, 6.07) is 12.9. The summed E-state index contributed by atoms with van der Waals surface area (Å²) in [6.45, 7) is 0. The number of sulfone groups is 1. The maximum Gasteiger partial charge on any atom is 0.181 e. The average molecular weight is 311 g/mol. The third kappa shape index (κ3) is 3.74. The molecule has 0 amide bonds. The summed E-state index contributed by atoms with van der Waals surface area (Å²) >= 11 is 1.44. The molecule has 0 aliphatic heterocycles. The van der Waals surface area contributed by atoms with E-state index in [1.807, 2.05) is 30.3 Å². The Balaban J connectivity index is 2.06. The molecule has 0 saturated heterocycles. The van der Waals surface area contributed by atoms with E-state index in [0.717, 1.165) is 17.0 Å². The summed E-state index contributed by atoms with van der Waals surface area (Å²) in [4.78, 5) is 0.862. The Labute approximate surface area is 121 Å². The molecule has 2 rings (SSSR count). The second-order valence-electron chi connectivity index (χ2n) is 4.16. The maximum atomic E-state index is 13.1. The van der Waals surface area contributed by atoms with Crippen molar-refractivity contribution >= 4 is 27.3 Å². The van der Waals surface area contributed by atoms with Crippen LogP contribution in [0.3, 0.4) is 0 Å². The Kier molecular flexibility index (Phi) is 4.67. The first-order valence-corrected chi connectivity index (χ1v) is 8.58. The monoisotopic (exact) mass is 311 g/mol. The number of rotatable bonds is 5. The second kappa shape index (κ2) is 6.28. The Morgan fingerprint density at radius 3 is 2.50 bits per heavy atom. The molecule has 20 heavy (non-hydrogen) atoms. The van der Waals surface area contributed by atoms with E-state index in [1.165, 1.54) is 17.8 Å². The van der Waals surface area contributed by atoms with Gasteiger partial charge < -0.3 is 5.73 Å². The van der Waals surface area contributed by atoms with Crippen LogP contribution < -0.4 is 5.73 Å². The highest BCUT2D eigenvalue weighted by Gasteiger charge is 2.18. The zero-order valence-electron chi connectivity index (χ0n) is 10.6. The molecule has 0 atom stereocenters. The molecule has 0 aliphatic carbocycles. The Bertz CT molecular complexity index is 688. The van der Waals surface area contributed by atoms with Crippen molar-refractivity contribution in [3.63, 3.8) is 0 Å². The molecule has 0 radical (unpaired) electrons. The van der Waals surface area contributed by atoms with Gasteiger partial charge in [-0.1, -0.05) is 18.2 Å². The van der Waals surface area contributed by atoms with Crippen LogP contribution in [0.5, 0.6) is 0 Å². The van der Waals surface area contributed by atoms with Crippen LogP contribution in [0.4, 0.5) is 10.1 Å². The van der Waals surface area contributed by atoms with Crippen molar-refractivity contribution in [1.29, 1.82) is 0 Å². The van der Waals surface area contributed by atoms with Crippen molar-refractivity contribution in [2.75, 3.05) is 17.2 Å². The van der Waals surface area contributed by atoms with Crippen molar-refractivity contribution in [2.45, 2.75) is 9.79 Å². The first-order chi connectivity index (χ1) is 9.49. The lowest BCUT2D eigenvalue weighted by molar-refractivity contribution is 0.593. The van der Waals surface area contributed by atoms with Gasteiger partial charge in [0.05, 0.1) is 16.3 Å². The molecule has 6 heteroatoms. The third-order valence-electron chi connectivity index (χ3n) is 2.67. The van der Waals surface area contributed by atoms with Crippen LogP contribution in [-0.2, 0) is 9.84 Å². The van der Waals surface area contributed by atoms with Crippen LogP contribution in [0.1, 0.15) is 0 Å². The van der Waals surface area contributed by atoms with E-state index in [9.17, 15) is 12.8 Å². The van der Waals surface area contributed by atoms with E-state index >= 15 is 0 Å². The topological polar surface area (TPSA) is 60.2 Å². The normalized spacial score (nSPS) is 11.4. The summed E-state index contributed by atoms with van der Waals surface area (Å²) in [5.41, 5.74) is 5.69. The summed E-state index contributed by atoms with van der Waals surface area (Å²) in [5.74, 6) is -0.295. The van der Waals surface area contributed by atoms with Gasteiger partial charge in [-0.25, -0.2) is 12.8 Å². The molecule has 0 unspecified atom stereocenters. The van der Waals surface area contributed by atoms with Crippen LogP contribution >= 0.6 is 11.8 Å². The van der Waals surface area contributed by atoms with Crippen LogP contribution in [0.15, 0.2) is 58.3 Å². The van der Waals surface area contributed by atoms with Gasteiger partial charge >= 0.3 is 0 Å². The first-order valence-electron chi connectivity index (χ1n) is 5.95. The lowest BCUT2D eigenvalue weighted by atomic mass is 10.3. The molecule has 0 bridgehead atoms. The Morgan fingerprint density at radius 2 is 1.80 bits per heavy atom. The molecule has 0 fully saturated rings. The van der Waals surface area contributed by atoms with Crippen LogP contribution in [0, 0.1) is 5.82 Å². The van der Waals surface area contributed by atoms with Crippen LogP contribution in [0.25, 0.3) is 0 Å². The number of nitrogen functional groups attached to an aromatic ring is 1. The van der Waals surface area contributed by atoms with Gasteiger partial charge in [0, 0.05) is 10.6 Å². The van der Waals surface area contributed by atoms with E-state index in [4.69, 9.17) is 5.73 Å². The number of nitrogens with two attached hydrogens (primary N) is 1. The molecule has 2 aromatic carbocycles. The van der Waals surface area contributed by atoms with Gasteiger partial charge in [-0.3, -0.25) is 0 Å². The van der Waals surface area contributed by atoms with Crippen LogP contribution in [0.2, 0.25) is 0 Å². The van der Waals surface area contributed by atoms with Crippen molar-refractivity contribution in [3.8, 4) is 0 Å². The molecule has 106 valence electrons. The number of thioether (sulfide) groups is 1. The largest absolute Gasteiger partial charge is 0.398 e. The van der Waals surface area contributed by atoms with Gasteiger partial charge in [0.25, 0.3) is 0 Å². The molecule has 0 saturated carbocycles. The quantitative estimate of drug-likeness (QED) is 0.681. The van der Waals surface area contributed by atoms with Gasteiger partial charge in [-0.15, -0.1) is 11.8 Å². The Morgan fingerprint density at radius 1 is 1.10 bits per heavy atom. The molecule has 0 heterocycles. The van der Waals surface area contributed by atoms with Crippen molar-refractivity contribution in [2.24, 2.45) is 0 Å². The number of halogens is 1. The number of benzene rings is 2. The highest BCUT2D eigenvalue weighted by atomic mass is 32.2. The minimum atomic E-state index is -3.57. The summed E-state index contributed by atoms with van der Waals surface area (Å²) in [7, 11) is -3.57. The lowest BCUT2D eigenvalue weighted by Crippen LogP contribution is -2.11. The zero-order chi connectivity index (χ0) is 14.6. The summed E-state index contributed by atoms with van der Waals surface area (Å²) in [6.07, 6.45) is 0. The average Bonchev–Trinajstić information content (AvgIpc) is 2.42. The number of anilines is 1. The molecular formula is C14H14FNO2S2. The van der Waals surface area contributed by atoms with Crippen LogP contribution in [-0.4, -0.2) is 19.9 Å². The summed E-state index contributed by atoms with van der Waals surface area (Å²) in [5, 5.41) is 0.